The molecule has 0 aliphatic heterocycles. The Morgan fingerprint density at radius 3 is 2.33 bits per heavy atom. The van der Waals surface area contributed by atoms with Gasteiger partial charge in [-0.05, 0) is 30.7 Å². The first kappa shape index (κ1) is 18.7. The number of benzene rings is 2. The van der Waals surface area contributed by atoms with E-state index in [9.17, 15) is 18.5 Å². The lowest BCUT2D eigenvalue weighted by Gasteiger charge is -2.19. The summed E-state index contributed by atoms with van der Waals surface area (Å²) in [7, 11) is -4.04. The van der Waals surface area contributed by atoms with Crippen molar-refractivity contribution in [1.29, 1.82) is 0 Å². The molecule has 0 radical (unpaired) electrons. The van der Waals surface area contributed by atoms with Gasteiger partial charge in [0, 0.05) is 17.8 Å². The molecule has 8 heteroatoms. The zero-order chi connectivity index (χ0) is 19.4. The molecule has 1 unspecified atom stereocenters. The molecular weight excluding hydrogens is 366 g/mol. The molecule has 2 aromatic carbocycles. The van der Waals surface area contributed by atoms with E-state index in [2.05, 4.69) is 9.71 Å². The van der Waals surface area contributed by atoms with Crippen LogP contribution in [0.5, 0.6) is 0 Å². The van der Waals surface area contributed by atoms with Crippen LogP contribution in [0.25, 0.3) is 0 Å². The number of nitrogens with one attached hydrogen (secondary N) is 1. The summed E-state index contributed by atoms with van der Waals surface area (Å²) in [6.07, 6.45) is 1.58. The van der Waals surface area contributed by atoms with Gasteiger partial charge in [0.25, 0.3) is 5.69 Å². The second-order valence-electron chi connectivity index (χ2n) is 5.88. The van der Waals surface area contributed by atoms with Crippen LogP contribution in [0.3, 0.4) is 0 Å². The van der Waals surface area contributed by atoms with E-state index in [-0.39, 0.29) is 16.1 Å². The van der Waals surface area contributed by atoms with E-state index in [1.807, 2.05) is 6.07 Å². The van der Waals surface area contributed by atoms with E-state index < -0.39 is 21.0 Å². The zero-order valence-electron chi connectivity index (χ0n) is 14.4. The maximum Gasteiger partial charge on any atom is 0.273 e. The normalized spacial score (nSPS) is 12.5. The van der Waals surface area contributed by atoms with Crippen LogP contribution in [0.1, 0.15) is 22.9 Å². The van der Waals surface area contributed by atoms with Gasteiger partial charge in [-0.3, -0.25) is 15.1 Å². The minimum atomic E-state index is -4.04. The number of nitro benzene ring substituents is 1. The van der Waals surface area contributed by atoms with Crippen LogP contribution in [0.15, 0.2) is 77.8 Å². The van der Waals surface area contributed by atoms with Gasteiger partial charge in [-0.25, -0.2) is 8.42 Å². The van der Waals surface area contributed by atoms with Gasteiger partial charge in [-0.15, -0.1) is 0 Å². The SMILES string of the molecule is Cc1c([N+](=O)[O-])cccc1S(=O)(=O)NC(c1ccccc1)c1ccccn1. The maximum atomic E-state index is 13.0. The van der Waals surface area contributed by atoms with Crippen molar-refractivity contribution in [3.05, 3.63) is 99.9 Å². The van der Waals surface area contributed by atoms with Crippen LogP contribution in [-0.4, -0.2) is 18.3 Å². The molecule has 0 bridgehead atoms. The quantitative estimate of drug-likeness (QED) is 0.519. The summed E-state index contributed by atoms with van der Waals surface area (Å²) in [6, 6.07) is 17.5. The van der Waals surface area contributed by atoms with Gasteiger partial charge in [-0.1, -0.05) is 42.5 Å². The number of nitrogens with zero attached hydrogens (tertiary/aromatic N) is 2. The highest BCUT2D eigenvalue weighted by Gasteiger charge is 2.27. The fourth-order valence-electron chi connectivity index (χ4n) is 2.80. The third kappa shape index (κ3) is 4.02. The second-order valence-corrected chi connectivity index (χ2v) is 7.56. The fourth-order valence-corrected chi connectivity index (χ4v) is 4.26. The summed E-state index contributed by atoms with van der Waals surface area (Å²) in [4.78, 5) is 14.7. The summed E-state index contributed by atoms with van der Waals surface area (Å²) in [5, 5.41) is 11.1. The summed E-state index contributed by atoms with van der Waals surface area (Å²) in [6.45, 7) is 1.42. The molecule has 0 amide bonds. The van der Waals surface area contributed by atoms with Crippen molar-refractivity contribution in [2.45, 2.75) is 17.9 Å². The molecule has 1 atom stereocenters. The van der Waals surface area contributed by atoms with Crippen molar-refractivity contribution in [2.75, 3.05) is 0 Å². The standard InChI is InChI=1S/C19H17N3O4S/c1-14-17(22(23)24)11-7-12-18(14)27(25,26)21-19(15-8-3-2-4-9-15)16-10-5-6-13-20-16/h2-13,19,21H,1H3. The summed E-state index contributed by atoms with van der Waals surface area (Å²) < 4.78 is 28.7. The highest BCUT2D eigenvalue weighted by atomic mass is 32.2. The Kier molecular flexibility index (Phi) is 5.29. The van der Waals surface area contributed by atoms with E-state index in [0.717, 1.165) is 0 Å². The average Bonchev–Trinajstić information content (AvgIpc) is 2.67. The van der Waals surface area contributed by atoms with Gasteiger partial charge in [-0.2, -0.15) is 4.72 Å². The van der Waals surface area contributed by atoms with Crippen LogP contribution in [0.4, 0.5) is 5.69 Å². The fraction of sp³-hybridized carbons (Fsp3) is 0.105. The number of pyridine rings is 1. The molecule has 0 fully saturated rings. The number of hydrogen-bond donors (Lipinski definition) is 1. The van der Waals surface area contributed by atoms with Gasteiger partial charge in [0.2, 0.25) is 10.0 Å². The molecule has 0 saturated heterocycles. The number of sulfonamides is 1. The first-order valence-corrected chi connectivity index (χ1v) is 9.60. The number of nitro groups is 1. The lowest BCUT2D eigenvalue weighted by Crippen LogP contribution is -2.30. The Labute approximate surface area is 156 Å². The largest absolute Gasteiger partial charge is 0.273 e. The first-order valence-electron chi connectivity index (χ1n) is 8.12. The third-order valence-electron chi connectivity index (χ3n) is 4.13. The maximum absolute atomic E-state index is 13.0. The van der Waals surface area contributed by atoms with Crippen molar-refractivity contribution >= 4 is 15.7 Å². The lowest BCUT2D eigenvalue weighted by molar-refractivity contribution is -0.385. The average molecular weight is 383 g/mol. The second kappa shape index (κ2) is 7.65. The molecule has 3 rings (SSSR count). The Morgan fingerprint density at radius 2 is 1.70 bits per heavy atom. The Balaban J connectivity index is 2.06. The highest BCUT2D eigenvalue weighted by molar-refractivity contribution is 7.89. The Morgan fingerprint density at radius 1 is 1.00 bits per heavy atom. The molecule has 7 nitrogen and oxygen atoms in total. The van der Waals surface area contributed by atoms with E-state index in [0.29, 0.717) is 11.3 Å². The molecule has 0 aliphatic carbocycles. The van der Waals surface area contributed by atoms with Crippen LogP contribution < -0.4 is 4.72 Å². The minimum Gasteiger partial charge on any atom is -0.259 e. The number of hydrogen-bond acceptors (Lipinski definition) is 5. The van der Waals surface area contributed by atoms with E-state index in [1.54, 1.807) is 48.7 Å². The predicted molar refractivity (Wildman–Crippen MR) is 101 cm³/mol. The molecule has 27 heavy (non-hydrogen) atoms. The monoisotopic (exact) mass is 383 g/mol. The van der Waals surface area contributed by atoms with Crippen LogP contribution in [-0.2, 0) is 10.0 Å². The lowest BCUT2D eigenvalue weighted by atomic mass is 10.0. The summed E-state index contributed by atoms with van der Waals surface area (Å²) in [5.74, 6) is 0. The van der Waals surface area contributed by atoms with Gasteiger partial charge in [0.1, 0.15) is 0 Å². The van der Waals surface area contributed by atoms with Crippen molar-refractivity contribution in [3.8, 4) is 0 Å². The van der Waals surface area contributed by atoms with E-state index >= 15 is 0 Å². The summed E-state index contributed by atoms with van der Waals surface area (Å²) >= 11 is 0. The molecule has 0 spiro atoms. The number of rotatable bonds is 6. The van der Waals surface area contributed by atoms with Crippen molar-refractivity contribution < 1.29 is 13.3 Å². The first-order chi connectivity index (χ1) is 12.9. The summed E-state index contributed by atoms with van der Waals surface area (Å²) in [5.41, 5.74) is 1.08. The van der Waals surface area contributed by atoms with E-state index in [4.69, 9.17) is 0 Å². The third-order valence-corrected chi connectivity index (χ3v) is 5.70. The minimum absolute atomic E-state index is 0.0860. The molecule has 1 aromatic heterocycles. The molecular formula is C19H17N3O4S. The predicted octanol–water partition coefficient (Wildman–Crippen LogP) is 3.37. The highest BCUT2D eigenvalue weighted by Crippen LogP contribution is 2.28. The van der Waals surface area contributed by atoms with Crippen LogP contribution >= 0.6 is 0 Å². The Bertz CT molecular complexity index is 1020. The smallest absolute Gasteiger partial charge is 0.259 e. The topological polar surface area (TPSA) is 102 Å². The molecule has 0 saturated carbocycles. The molecule has 138 valence electrons. The van der Waals surface area contributed by atoms with Gasteiger partial charge in [0.15, 0.2) is 0 Å². The van der Waals surface area contributed by atoms with Crippen molar-refractivity contribution in [3.63, 3.8) is 0 Å². The zero-order valence-corrected chi connectivity index (χ0v) is 15.3. The molecule has 0 aliphatic rings. The van der Waals surface area contributed by atoms with Crippen LogP contribution in [0.2, 0.25) is 0 Å². The van der Waals surface area contributed by atoms with Crippen molar-refractivity contribution in [2.24, 2.45) is 0 Å². The Hall–Kier alpha value is -3.10. The van der Waals surface area contributed by atoms with Gasteiger partial charge >= 0.3 is 0 Å². The molecule has 1 N–H and O–H groups in total. The van der Waals surface area contributed by atoms with Crippen LogP contribution in [0, 0.1) is 17.0 Å². The number of aromatic nitrogens is 1. The molecule has 1 heterocycles. The van der Waals surface area contributed by atoms with Gasteiger partial charge in [0.05, 0.1) is 21.6 Å². The molecule has 3 aromatic rings. The van der Waals surface area contributed by atoms with Crippen molar-refractivity contribution in [1.82, 2.24) is 9.71 Å². The van der Waals surface area contributed by atoms with Gasteiger partial charge < -0.3 is 0 Å². The van der Waals surface area contributed by atoms with E-state index in [1.165, 1.54) is 25.1 Å².